The third-order valence-electron chi connectivity index (χ3n) is 6.88. The van der Waals surface area contributed by atoms with Crippen molar-refractivity contribution in [2.24, 2.45) is 5.92 Å². The van der Waals surface area contributed by atoms with E-state index in [2.05, 4.69) is 48.8 Å². The molecule has 0 saturated carbocycles. The number of rotatable bonds is 7. The number of ether oxygens (including phenoxy) is 1. The maximum atomic E-state index is 15.2. The molecular formula is C30H34BrFN6O3S. The minimum atomic E-state index is -0.612. The van der Waals surface area contributed by atoms with Crippen molar-refractivity contribution in [3.63, 3.8) is 0 Å². The van der Waals surface area contributed by atoms with Gasteiger partial charge in [0.2, 0.25) is 0 Å². The van der Waals surface area contributed by atoms with Crippen LogP contribution in [0.4, 0.5) is 20.6 Å². The van der Waals surface area contributed by atoms with Crippen molar-refractivity contribution >= 4 is 50.6 Å². The molecule has 1 aromatic carbocycles. The molecule has 42 heavy (non-hydrogen) atoms. The molecule has 2 aliphatic rings. The molecule has 5 rings (SSSR count). The van der Waals surface area contributed by atoms with Gasteiger partial charge < -0.3 is 20.3 Å². The van der Waals surface area contributed by atoms with Crippen LogP contribution in [0.25, 0.3) is 10.6 Å². The number of nitrogens with one attached hydrogen (secondary N) is 2. The molecule has 1 saturated heterocycles. The van der Waals surface area contributed by atoms with Gasteiger partial charge in [-0.1, -0.05) is 46.3 Å². The summed E-state index contributed by atoms with van der Waals surface area (Å²) in [7, 11) is 0. The van der Waals surface area contributed by atoms with E-state index in [1.165, 1.54) is 17.4 Å². The van der Waals surface area contributed by atoms with Crippen LogP contribution in [0.1, 0.15) is 44.1 Å². The fraction of sp³-hybridized carbons (Fsp3) is 0.400. The number of anilines is 2. The van der Waals surface area contributed by atoms with Gasteiger partial charge in [0, 0.05) is 53.6 Å². The Hall–Kier alpha value is -3.51. The van der Waals surface area contributed by atoms with Gasteiger partial charge >= 0.3 is 6.09 Å². The summed E-state index contributed by atoms with van der Waals surface area (Å²) in [4.78, 5) is 32.2. The number of alkyl halides is 1. The lowest BCUT2D eigenvalue weighted by Gasteiger charge is -2.36. The molecule has 2 amide bonds. The Morgan fingerprint density at radius 3 is 2.83 bits per heavy atom. The summed E-state index contributed by atoms with van der Waals surface area (Å²) in [6, 6.07) is 4.38. The molecule has 2 unspecified atom stereocenters. The molecule has 1 fully saturated rings. The van der Waals surface area contributed by atoms with Gasteiger partial charge in [-0.15, -0.1) is 11.3 Å². The SMILES string of the molecule is CC(C)(C)OC(=O)N[C@@H]1CCCN(c2c(F)cccc2NC(=O)c2csc(-c3cnn(CC4C=CC=CC4Br)c3)n2)C1. The highest BCUT2D eigenvalue weighted by atomic mass is 79.9. The fourth-order valence-corrected chi connectivity index (χ4v) is 6.28. The Balaban J connectivity index is 1.25. The average Bonchev–Trinajstić information content (AvgIpc) is 3.59. The summed E-state index contributed by atoms with van der Waals surface area (Å²) in [6.45, 7) is 7.10. The van der Waals surface area contributed by atoms with Crippen molar-refractivity contribution in [2.45, 2.75) is 56.6 Å². The number of allylic oxidation sites excluding steroid dienone is 4. The van der Waals surface area contributed by atoms with E-state index in [0.29, 0.717) is 30.3 Å². The molecular weight excluding hydrogens is 623 g/mol. The van der Waals surface area contributed by atoms with E-state index in [4.69, 9.17) is 4.74 Å². The summed E-state index contributed by atoms with van der Waals surface area (Å²) in [5, 5.41) is 12.6. The monoisotopic (exact) mass is 656 g/mol. The lowest BCUT2D eigenvalue weighted by molar-refractivity contribution is 0.0500. The zero-order valence-corrected chi connectivity index (χ0v) is 26.1. The van der Waals surface area contributed by atoms with Crippen LogP contribution in [-0.2, 0) is 11.3 Å². The van der Waals surface area contributed by atoms with Gasteiger partial charge in [-0.2, -0.15) is 5.10 Å². The summed E-state index contributed by atoms with van der Waals surface area (Å²) in [5.41, 5.74) is 1.08. The highest BCUT2D eigenvalue weighted by Gasteiger charge is 2.28. The Kier molecular flexibility index (Phi) is 9.12. The zero-order valence-electron chi connectivity index (χ0n) is 23.7. The molecule has 0 radical (unpaired) electrons. The normalized spacial score (nSPS) is 20.4. The molecule has 2 N–H and O–H groups in total. The van der Waals surface area contributed by atoms with Crippen LogP contribution in [0, 0.1) is 11.7 Å². The van der Waals surface area contributed by atoms with E-state index in [1.54, 1.807) is 44.5 Å². The third kappa shape index (κ3) is 7.46. The first-order chi connectivity index (χ1) is 20.1. The summed E-state index contributed by atoms with van der Waals surface area (Å²) in [6.07, 6.45) is 13.0. The number of thiazole rings is 1. The first-order valence-electron chi connectivity index (χ1n) is 13.9. The first kappa shape index (κ1) is 30.0. The molecule has 12 heteroatoms. The van der Waals surface area contributed by atoms with E-state index in [1.807, 2.05) is 27.9 Å². The minimum absolute atomic E-state index is 0.218. The van der Waals surface area contributed by atoms with Gasteiger partial charge in [-0.25, -0.2) is 14.2 Å². The predicted octanol–water partition coefficient (Wildman–Crippen LogP) is 6.40. The molecule has 1 aliphatic carbocycles. The largest absolute Gasteiger partial charge is 0.444 e. The molecule has 0 spiro atoms. The third-order valence-corrected chi connectivity index (χ3v) is 8.76. The highest BCUT2D eigenvalue weighted by Crippen LogP contribution is 2.33. The number of carbonyl (C=O) groups is 2. The number of nitrogens with zero attached hydrogens (tertiary/aromatic N) is 4. The summed E-state index contributed by atoms with van der Waals surface area (Å²) in [5.74, 6) is -0.603. The Morgan fingerprint density at radius 1 is 1.24 bits per heavy atom. The molecule has 3 aromatic rings. The van der Waals surface area contributed by atoms with E-state index in [9.17, 15) is 9.59 Å². The van der Waals surface area contributed by atoms with Crippen molar-refractivity contribution < 1.29 is 18.7 Å². The van der Waals surface area contributed by atoms with Gasteiger partial charge in [0.1, 0.15) is 22.1 Å². The van der Waals surface area contributed by atoms with Gasteiger partial charge in [0.05, 0.1) is 17.6 Å². The van der Waals surface area contributed by atoms with Crippen LogP contribution < -0.4 is 15.5 Å². The number of hydrogen-bond donors (Lipinski definition) is 2. The van der Waals surface area contributed by atoms with Crippen LogP contribution in [0.15, 0.2) is 60.3 Å². The van der Waals surface area contributed by atoms with Crippen molar-refractivity contribution in [3.8, 4) is 10.6 Å². The molecule has 9 nitrogen and oxygen atoms in total. The number of benzene rings is 1. The van der Waals surface area contributed by atoms with E-state index < -0.39 is 23.4 Å². The van der Waals surface area contributed by atoms with Crippen molar-refractivity contribution in [2.75, 3.05) is 23.3 Å². The summed E-state index contributed by atoms with van der Waals surface area (Å²) < 4.78 is 22.4. The Bertz CT molecular complexity index is 1500. The van der Waals surface area contributed by atoms with Crippen molar-refractivity contribution in [1.82, 2.24) is 20.1 Å². The number of amides is 2. The van der Waals surface area contributed by atoms with Gasteiger partial charge in [0.15, 0.2) is 0 Å². The number of hydrogen-bond acceptors (Lipinski definition) is 7. The van der Waals surface area contributed by atoms with Crippen LogP contribution in [0.2, 0.25) is 0 Å². The quantitative estimate of drug-likeness (QED) is 0.286. The fourth-order valence-electron chi connectivity index (χ4n) is 4.98. The number of carbonyl (C=O) groups excluding carboxylic acids is 2. The number of piperidine rings is 1. The predicted molar refractivity (Wildman–Crippen MR) is 167 cm³/mol. The van der Waals surface area contributed by atoms with E-state index in [-0.39, 0.29) is 28.2 Å². The second kappa shape index (κ2) is 12.8. The lowest BCUT2D eigenvalue weighted by atomic mass is 10.0. The maximum Gasteiger partial charge on any atom is 0.407 e. The standard InChI is InChI=1S/C30H34BrFN6O3S/c1-30(2,3)41-29(40)34-21-9-7-13-37(17-21)26-23(32)11-6-12-24(26)35-27(39)25-18-42-28(36-25)20-14-33-38(16-20)15-19-8-4-5-10-22(19)31/h4-6,8,10-12,14,16,18-19,21-22H,7,9,13,15,17H2,1-3H3,(H,34,40)(H,35,39)/t19?,21-,22?/m1/s1. The van der Waals surface area contributed by atoms with Gasteiger partial charge in [-0.3, -0.25) is 9.48 Å². The van der Waals surface area contributed by atoms with E-state index in [0.717, 1.165) is 18.4 Å². The highest BCUT2D eigenvalue weighted by molar-refractivity contribution is 9.09. The molecule has 222 valence electrons. The molecule has 0 bridgehead atoms. The second-order valence-corrected chi connectivity index (χ2v) is 13.3. The molecule has 1 aliphatic heterocycles. The maximum absolute atomic E-state index is 15.2. The Morgan fingerprint density at radius 2 is 2.05 bits per heavy atom. The van der Waals surface area contributed by atoms with Crippen molar-refractivity contribution in [1.29, 1.82) is 0 Å². The number of alkyl carbamates (subject to hydrolysis) is 1. The second-order valence-electron chi connectivity index (χ2n) is 11.4. The number of aromatic nitrogens is 3. The van der Waals surface area contributed by atoms with E-state index >= 15 is 4.39 Å². The minimum Gasteiger partial charge on any atom is -0.444 e. The van der Waals surface area contributed by atoms with Gasteiger partial charge in [0.25, 0.3) is 5.91 Å². The van der Waals surface area contributed by atoms with Crippen LogP contribution in [-0.4, -0.2) is 56.3 Å². The zero-order chi connectivity index (χ0) is 29.9. The van der Waals surface area contributed by atoms with Crippen LogP contribution >= 0.6 is 27.3 Å². The number of halogens is 2. The Labute approximate surface area is 257 Å². The molecule has 3 atom stereocenters. The first-order valence-corrected chi connectivity index (χ1v) is 15.7. The number of para-hydroxylation sites is 1. The lowest BCUT2D eigenvalue weighted by Crippen LogP contribution is -2.49. The molecule has 2 aromatic heterocycles. The molecule has 3 heterocycles. The summed E-state index contributed by atoms with van der Waals surface area (Å²) >= 11 is 5.03. The van der Waals surface area contributed by atoms with Crippen LogP contribution in [0.5, 0.6) is 0 Å². The average molecular weight is 658 g/mol. The smallest absolute Gasteiger partial charge is 0.407 e. The van der Waals surface area contributed by atoms with Crippen LogP contribution in [0.3, 0.4) is 0 Å². The van der Waals surface area contributed by atoms with Crippen molar-refractivity contribution in [3.05, 3.63) is 71.8 Å². The van der Waals surface area contributed by atoms with Gasteiger partial charge in [-0.05, 0) is 45.7 Å². The topological polar surface area (TPSA) is 101 Å².